The molecule has 0 aromatic heterocycles. The van der Waals surface area contributed by atoms with Crippen LogP contribution in [0.15, 0.2) is 194 Å². The van der Waals surface area contributed by atoms with Crippen LogP contribution < -0.4 is 35.5 Å². The highest BCUT2D eigenvalue weighted by Crippen LogP contribution is 2.33. The number of ketones is 2. The summed E-state index contributed by atoms with van der Waals surface area (Å²) in [6, 6.07) is 43.5. The smallest absolute Gasteiger partial charge is 0.414 e. The molecule has 2 unspecified atom stereocenters. The molecule has 2 amide bonds. The maximum absolute atomic E-state index is 13.7. The molecular formula is C82H78F6N4O21. The molecule has 0 aliphatic rings. The number of esters is 6. The van der Waals surface area contributed by atoms with Crippen molar-refractivity contribution in [3.63, 3.8) is 0 Å². The molecule has 0 radical (unpaired) electrons. The summed E-state index contributed by atoms with van der Waals surface area (Å²) >= 11 is 0. The number of rotatable bonds is 35. The lowest BCUT2D eigenvalue weighted by molar-refractivity contribution is -0.216. The quantitative estimate of drug-likeness (QED) is 0.00716. The van der Waals surface area contributed by atoms with Crippen LogP contribution in [-0.2, 0) is 47.5 Å². The number of carbonyl (C=O) groups is 10. The Morgan fingerprint density at radius 2 is 0.584 bits per heavy atom. The van der Waals surface area contributed by atoms with Crippen molar-refractivity contribution in [2.45, 2.75) is 66.1 Å². The van der Waals surface area contributed by atoms with Crippen LogP contribution in [0.4, 0.5) is 49.1 Å². The van der Waals surface area contributed by atoms with Gasteiger partial charge in [-0.25, -0.2) is 28.8 Å². The maximum Gasteiger partial charge on any atom is 0.414 e. The van der Waals surface area contributed by atoms with Crippen LogP contribution in [0.1, 0.15) is 124 Å². The van der Waals surface area contributed by atoms with E-state index < -0.39 is 110 Å². The van der Waals surface area contributed by atoms with E-state index in [0.717, 1.165) is 25.2 Å². The fourth-order valence-electron chi connectivity index (χ4n) is 9.69. The summed E-state index contributed by atoms with van der Waals surface area (Å²) in [7, 11) is 3.59. The van der Waals surface area contributed by atoms with E-state index in [0.29, 0.717) is 45.5 Å². The van der Waals surface area contributed by atoms with Crippen LogP contribution in [0.3, 0.4) is 0 Å². The van der Waals surface area contributed by atoms with E-state index in [-0.39, 0.29) is 93.6 Å². The van der Waals surface area contributed by atoms with Gasteiger partial charge in [0.25, 0.3) is 11.8 Å². The standard InChI is InChI=1S/C42H40N2O12.C40H38F6N2O9/c1-25(2)39(47)51-19-21-53-41(49)34-17-15-32(23-36(34)27(5)45)56-33-16-18-35(42(50)54-22-20-52-40(48)26(3)4)37(24-33)38(46)44-29-9-13-31(14-10-29)55-30-11-7-28(43-6)8-12-30;1-23(49)34-21-26(5-15-32(34)37(51)55-19-17-53-24(2)39(41,42)43)27-6-16-33(38(52)56-20-18-54-25(3)40(44,45)46)35(22-27)36(50)48-29-9-13-31(14-10-29)57-30-11-7-28(47-4)8-12-30/h7-18,23-24,43H,1,3,19-22H2,2,4-6H3,(H,44,46);5-16,21-22,24-25,47H,17-20H2,1-4H3,(H,48,50). The van der Waals surface area contributed by atoms with Crippen molar-refractivity contribution >= 4 is 81.9 Å². The third-order valence-electron chi connectivity index (χ3n) is 15.8. The molecule has 0 heterocycles. The molecule has 8 rings (SSSR count). The number of ether oxygens (including phenoxy) is 11. The highest BCUT2D eigenvalue weighted by atomic mass is 19.4. The van der Waals surface area contributed by atoms with Gasteiger partial charge >= 0.3 is 48.2 Å². The summed E-state index contributed by atoms with van der Waals surface area (Å²) in [5, 5.41) is 11.5. The molecule has 0 spiro atoms. The summed E-state index contributed by atoms with van der Waals surface area (Å²) in [5.41, 5.74) is 2.40. The van der Waals surface area contributed by atoms with Gasteiger partial charge in [0.15, 0.2) is 23.8 Å². The molecule has 8 aromatic carbocycles. The van der Waals surface area contributed by atoms with Crippen molar-refractivity contribution in [3.8, 4) is 45.6 Å². The minimum atomic E-state index is -4.62. The van der Waals surface area contributed by atoms with Crippen molar-refractivity contribution in [3.05, 3.63) is 239 Å². The van der Waals surface area contributed by atoms with Crippen LogP contribution >= 0.6 is 0 Å². The van der Waals surface area contributed by atoms with Crippen molar-refractivity contribution in [1.29, 1.82) is 0 Å². The first kappa shape index (κ1) is 87.1. The summed E-state index contributed by atoms with van der Waals surface area (Å²) < 4.78 is 134. The first-order valence-electron chi connectivity index (χ1n) is 34.3. The summed E-state index contributed by atoms with van der Waals surface area (Å²) in [6.45, 7) is 10.8. The number of hydrogen-bond acceptors (Lipinski definition) is 23. The Morgan fingerprint density at radius 1 is 0.327 bits per heavy atom. The Hall–Kier alpha value is -13.2. The Labute approximate surface area is 644 Å². The topological polar surface area (TPSA) is 320 Å². The lowest BCUT2D eigenvalue weighted by atomic mass is 9.94. The van der Waals surface area contributed by atoms with Gasteiger partial charge in [-0.05, 0) is 210 Å². The van der Waals surface area contributed by atoms with E-state index in [9.17, 15) is 74.3 Å². The van der Waals surface area contributed by atoms with Gasteiger partial charge in [0, 0.05) is 59.1 Å². The molecule has 0 saturated carbocycles. The average Bonchev–Trinajstić information content (AvgIpc) is 0.791. The van der Waals surface area contributed by atoms with E-state index in [1.807, 2.05) is 31.3 Å². The Balaban J connectivity index is 0.000000313. The fraction of sp³-hybridized carbons (Fsp3) is 0.244. The van der Waals surface area contributed by atoms with Crippen molar-refractivity contribution in [1.82, 2.24) is 0 Å². The van der Waals surface area contributed by atoms with E-state index in [4.69, 9.17) is 42.6 Å². The average molecular weight is 1570 g/mol. The number of amides is 2. The number of carbonyl (C=O) groups excluding carboxylic acids is 10. The van der Waals surface area contributed by atoms with Gasteiger partial charge in [0.05, 0.1) is 46.6 Å². The minimum Gasteiger partial charge on any atom is -0.460 e. The van der Waals surface area contributed by atoms with E-state index in [1.165, 1.54) is 100 Å². The number of nitrogens with one attached hydrogen (secondary N) is 4. The largest absolute Gasteiger partial charge is 0.460 e. The molecule has 25 nitrogen and oxygen atoms in total. The van der Waals surface area contributed by atoms with Gasteiger partial charge in [-0.15, -0.1) is 0 Å². The molecule has 31 heteroatoms. The van der Waals surface area contributed by atoms with Gasteiger partial charge < -0.3 is 73.4 Å². The van der Waals surface area contributed by atoms with Crippen molar-refractivity contribution < 1.29 is 126 Å². The van der Waals surface area contributed by atoms with E-state index >= 15 is 0 Å². The monoisotopic (exact) mass is 1570 g/mol. The molecule has 0 saturated heterocycles. The molecule has 113 heavy (non-hydrogen) atoms. The lowest BCUT2D eigenvalue weighted by Crippen LogP contribution is -2.30. The molecule has 0 aliphatic heterocycles. The zero-order chi connectivity index (χ0) is 82.7. The van der Waals surface area contributed by atoms with Gasteiger partial charge in [0.1, 0.15) is 74.1 Å². The molecule has 4 N–H and O–H groups in total. The van der Waals surface area contributed by atoms with Gasteiger partial charge in [-0.1, -0.05) is 25.3 Å². The number of hydrogen-bond donors (Lipinski definition) is 4. The van der Waals surface area contributed by atoms with Gasteiger partial charge in [-0.3, -0.25) is 19.2 Å². The van der Waals surface area contributed by atoms with Gasteiger partial charge in [-0.2, -0.15) is 26.3 Å². The molecule has 0 fully saturated rings. The first-order chi connectivity index (χ1) is 53.6. The van der Waals surface area contributed by atoms with Crippen molar-refractivity contribution in [2.75, 3.05) is 88.2 Å². The minimum absolute atomic E-state index is 0.0145. The normalized spacial score (nSPS) is 11.5. The number of alkyl halides is 6. The van der Waals surface area contributed by atoms with Crippen LogP contribution in [-0.4, -0.2) is 151 Å². The SMILES string of the molecule is C=C(C)C(=O)OCCOC(=O)c1ccc(Oc2ccc(C(=O)OCCOC(=O)C(=C)C)c(C(=O)Nc3ccc(Oc4ccc(NC)cc4)cc3)c2)cc1C(C)=O.CNc1ccc(Oc2ccc(NC(=O)c3cc(-c4ccc(C(=O)OCCOC(C)C(F)(F)F)c(C(C)=O)c4)ccc3C(=O)OCCOC(C)C(F)(F)F)cc2)cc1. The van der Waals surface area contributed by atoms with Crippen LogP contribution in [0.2, 0.25) is 0 Å². The Morgan fingerprint density at radius 3 is 0.903 bits per heavy atom. The zero-order valence-corrected chi connectivity index (χ0v) is 62.2. The third-order valence-corrected chi connectivity index (χ3v) is 15.8. The summed E-state index contributed by atoms with van der Waals surface area (Å²) in [4.78, 5) is 128. The zero-order valence-electron chi connectivity index (χ0n) is 62.2. The summed E-state index contributed by atoms with van der Waals surface area (Å²) in [6.07, 6.45) is -13.4. The van der Waals surface area contributed by atoms with Gasteiger partial charge in [0.2, 0.25) is 0 Å². The molecule has 0 bridgehead atoms. The Kier molecular flexibility index (Phi) is 31.6. The fourth-order valence-corrected chi connectivity index (χ4v) is 9.69. The second-order valence-electron chi connectivity index (χ2n) is 24.3. The molecule has 8 aromatic rings. The highest BCUT2D eigenvalue weighted by Gasteiger charge is 2.38. The van der Waals surface area contributed by atoms with E-state index in [2.05, 4.69) is 43.9 Å². The predicted octanol–water partition coefficient (Wildman–Crippen LogP) is 16.2. The lowest BCUT2D eigenvalue weighted by Gasteiger charge is -2.17. The van der Waals surface area contributed by atoms with Crippen LogP contribution in [0.25, 0.3) is 11.1 Å². The molecule has 2 atom stereocenters. The van der Waals surface area contributed by atoms with E-state index in [1.54, 1.807) is 79.8 Å². The van der Waals surface area contributed by atoms with Crippen LogP contribution in [0.5, 0.6) is 34.5 Å². The first-order valence-corrected chi connectivity index (χ1v) is 34.3. The third kappa shape index (κ3) is 26.6. The molecular weight excluding hydrogens is 1490 g/mol. The summed E-state index contributed by atoms with van der Waals surface area (Å²) in [5.74, 6) is -5.16. The second-order valence-corrected chi connectivity index (χ2v) is 24.3. The molecule has 594 valence electrons. The number of benzene rings is 8. The maximum atomic E-state index is 13.7. The predicted molar refractivity (Wildman–Crippen MR) is 401 cm³/mol. The number of Topliss-reactive ketones (excluding diaryl/α,β-unsaturated/α-hetero) is 2. The van der Waals surface area contributed by atoms with Crippen molar-refractivity contribution in [2.24, 2.45) is 0 Å². The molecule has 0 aliphatic carbocycles. The number of anilines is 4. The second kappa shape index (κ2) is 41.0. The van der Waals surface area contributed by atoms with Crippen LogP contribution in [0, 0.1) is 0 Å². The highest BCUT2D eigenvalue weighted by molar-refractivity contribution is 6.13. The number of halogens is 6. The Bertz CT molecular complexity index is 4780.